The van der Waals surface area contributed by atoms with Crippen molar-refractivity contribution >= 4 is 5.69 Å². The fourth-order valence-electron chi connectivity index (χ4n) is 1.85. The van der Waals surface area contributed by atoms with E-state index in [1.54, 1.807) is 6.07 Å². The van der Waals surface area contributed by atoms with Gasteiger partial charge in [0.25, 0.3) is 0 Å². The second-order valence-electron chi connectivity index (χ2n) is 4.24. The Hall–Kier alpha value is -1.26. The first-order chi connectivity index (χ1) is 7.53. The zero-order valence-corrected chi connectivity index (χ0v) is 9.86. The molecule has 0 aliphatic carbocycles. The predicted molar refractivity (Wildman–Crippen MR) is 61.7 cm³/mol. The number of hydrogen-bond donors (Lipinski definition) is 1. The lowest BCUT2D eigenvalue weighted by molar-refractivity contribution is -0.149. The summed E-state index contributed by atoms with van der Waals surface area (Å²) >= 11 is 0. The van der Waals surface area contributed by atoms with Crippen LogP contribution in [0.15, 0.2) is 18.2 Å². The molecule has 0 saturated carbocycles. The van der Waals surface area contributed by atoms with Gasteiger partial charge in [0.1, 0.15) is 5.75 Å². The van der Waals surface area contributed by atoms with Crippen LogP contribution in [0.25, 0.3) is 0 Å². The first-order valence-electron chi connectivity index (χ1n) is 5.32. The zero-order chi connectivity index (χ0) is 11.8. The summed E-state index contributed by atoms with van der Waals surface area (Å²) in [6, 6.07) is 5.38. The van der Waals surface area contributed by atoms with Crippen molar-refractivity contribution in [3.05, 3.63) is 23.8 Å². The van der Waals surface area contributed by atoms with Crippen molar-refractivity contribution in [1.82, 2.24) is 0 Å². The SMILES string of the molecule is CN(C)c1cc(C2(C)OCCO2)ccc1O. The van der Waals surface area contributed by atoms with Crippen LogP contribution in [0.3, 0.4) is 0 Å². The molecular formula is C12H17NO3. The maximum atomic E-state index is 9.71. The van der Waals surface area contributed by atoms with E-state index in [4.69, 9.17) is 9.47 Å². The summed E-state index contributed by atoms with van der Waals surface area (Å²) < 4.78 is 11.2. The summed E-state index contributed by atoms with van der Waals surface area (Å²) in [4.78, 5) is 1.86. The fraction of sp³-hybridized carbons (Fsp3) is 0.500. The first-order valence-corrected chi connectivity index (χ1v) is 5.32. The lowest BCUT2D eigenvalue weighted by Crippen LogP contribution is -2.23. The summed E-state index contributed by atoms with van der Waals surface area (Å²) in [6.07, 6.45) is 0. The number of phenolic OH excluding ortho intramolecular Hbond substituents is 1. The van der Waals surface area contributed by atoms with Crippen molar-refractivity contribution in [1.29, 1.82) is 0 Å². The molecule has 1 heterocycles. The Bertz CT molecular complexity index is 384. The van der Waals surface area contributed by atoms with E-state index in [0.29, 0.717) is 13.2 Å². The van der Waals surface area contributed by atoms with Gasteiger partial charge in [-0.2, -0.15) is 0 Å². The highest BCUT2D eigenvalue weighted by Crippen LogP contribution is 2.35. The molecule has 2 rings (SSSR count). The number of benzene rings is 1. The van der Waals surface area contributed by atoms with E-state index in [1.165, 1.54) is 0 Å². The highest BCUT2D eigenvalue weighted by atomic mass is 16.7. The monoisotopic (exact) mass is 223 g/mol. The van der Waals surface area contributed by atoms with Crippen LogP contribution in [0.1, 0.15) is 12.5 Å². The molecule has 0 amide bonds. The van der Waals surface area contributed by atoms with Crippen molar-refractivity contribution in [2.24, 2.45) is 0 Å². The third-order valence-electron chi connectivity index (χ3n) is 2.82. The van der Waals surface area contributed by atoms with Crippen molar-refractivity contribution in [2.45, 2.75) is 12.7 Å². The van der Waals surface area contributed by atoms with E-state index in [1.807, 2.05) is 38.1 Å². The van der Waals surface area contributed by atoms with Gasteiger partial charge in [-0.15, -0.1) is 0 Å². The number of phenols is 1. The highest BCUT2D eigenvalue weighted by Gasteiger charge is 2.33. The second kappa shape index (κ2) is 3.96. The van der Waals surface area contributed by atoms with Gasteiger partial charge in [-0.3, -0.25) is 0 Å². The van der Waals surface area contributed by atoms with Crippen LogP contribution < -0.4 is 4.90 Å². The van der Waals surface area contributed by atoms with Gasteiger partial charge in [0, 0.05) is 19.7 Å². The van der Waals surface area contributed by atoms with E-state index < -0.39 is 5.79 Å². The Morgan fingerprint density at radius 3 is 2.44 bits per heavy atom. The molecule has 0 radical (unpaired) electrons. The smallest absolute Gasteiger partial charge is 0.192 e. The largest absolute Gasteiger partial charge is 0.506 e. The third kappa shape index (κ3) is 1.86. The van der Waals surface area contributed by atoms with E-state index >= 15 is 0 Å². The summed E-state index contributed by atoms with van der Waals surface area (Å²) in [5.41, 5.74) is 1.68. The van der Waals surface area contributed by atoms with Gasteiger partial charge >= 0.3 is 0 Å². The normalized spacial score (nSPS) is 18.7. The number of aromatic hydroxyl groups is 1. The van der Waals surface area contributed by atoms with Gasteiger partial charge in [-0.05, 0) is 25.1 Å². The van der Waals surface area contributed by atoms with Crippen molar-refractivity contribution in [3.63, 3.8) is 0 Å². The van der Waals surface area contributed by atoms with Gasteiger partial charge in [-0.1, -0.05) is 0 Å². The number of rotatable bonds is 2. The van der Waals surface area contributed by atoms with Crippen LogP contribution in [0.4, 0.5) is 5.69 Å². The van der Waals surface area contributed by atoms with E-state index in [-0.39, 0.29) is 5.75 Å². The maximum Gasteiger partial charge on any atom is 0.192 e. The molecule has 0 spiro atoms. The minimum absolute atomic E-state index is 0.260. The molecule has 0 atom stereocenters. The molecule has 1 aromatic carbocycles. The van der Waals surface area contributed by atoms with Crippen LogP contribution >= 0.6 is 0 Å². The summed E-state index contributed by atoms with van der Waals surface area (Å²) in [5.74, 6) is -0.423. The molecule has 1 aliphatic heterocycles. The minimum Gasteiger partial charge on any atom is -0.506 e. The van der Waals surface area contributed by atoms with E-state index in [2.05, 4.69) is 0 Å². The van der Waals surface area contributed by atoms with Crippen molar-refractivity contribution in [3.8, 4) is 5.75 Å². The summed E-state index contributed by atoms with van der Waals surface area (Å²) in [7, 11) is 3.77. The Morgan fingerprint density at radius 2 is 1.88 bits per heavy atom. The molecule has 1 N–H and O–H groups in total. The van der Waals surface area contributed by atoms with Gasteiger partial charge < -0.3 is 19.5 Å². The lowest BCUT2D eigenvalue weighted by Gasteiger charge is -2.24. The van der Waals surface area contributed by atoms with Crippen LogP contribution in [-0.2, 0) is 15.3 Å². The molecular weight excluding hydrogens is 206 g/mol. The van der Waals surface area contributed by atoms with Crippen LogP contribution in [-0.4, -0.2) is 32.4 Å². The molecule has 0 unspecified atom stereocenters. The predicted octanol–water partition coefficient (Wildman–Crippen LogP) is 1.68. The van der Waals surface area contributed by atoms with Crippen LogP contribution in [0, 0.1) is 0 Å². The number of nitrogens with zero attached hydrogens (tertiary/aromatic N) is 1. The molecule has 1 saturated heterocycles. The molecule has 1 aromatic rings. The van der Waals surface area contributed by atoms with Gasteiger partial charge in [0.15, 0.2) is 5.79 Å². The quantitative estimate of drug-likeness (QED) is 0.828. The van der Waals surface area contributed by atoms with Crippen LogP contribution in [0.5, 0.6) is 5.75 Å². The molecule has 1 aliphatic rings. The Balaban J connectivity index is 2.39. The molecule has 16 heavy (non-hydrogen) atoms. The third-order valence-corrected chi connectivity index (χ3v) is 2.82. The number of anilines is 1. The molecule has 0 bridgehead atoms. The topological polar surface area (TPSA) is 41.9 Å². The minimum atomic E-state index is -0.682. The van der Waals surface area contributed by atoms with Crippen molar-refractivity contribution < 1.29 is 14.6 Å². The standard InChI is InChI=1S/C12H17NO3/c1-12(15-6-7-16-12)9-4-5-11(14)10(8-9)13(2)3/h4-5,8,14H,6-7H2,1-3H3. The summed E-state index contributed by atoms with van der Waals surface area (Å²) in [6.45, 7) is 3.11. The number of hydrogen-bond acceptors (Lipinski definition) is 4. The van der Waals surface area contributed by atoms with Gasteiger partial charge in [-0.25, -0.2) is 0 Å². The molecule has 0 aromatic heterocycles. The Kier molecular flexibility index (Phi) is 2.78. The fourth-order valence-corrected chi connectivity index (χ4v) is 1.85. The summed E-state index contributed by atoms with van der Waals surface area (Å²) in [5, 5.41) is 9.71. The van der Waals surface area contributed by atoms with Crippen molar-refractivity contribution in [2.75, 3.05) is 32.2 Å². The molecule has 1 fully saturated rings. The Labute approximate surface area is 95.4 Å². The molecule has 4 heteroatoms. The van der Waals surface area contributed by atoms with E-state index in [9.17, 15) is 5.11 Å². The molecule has 88 valence electrons. The van der Waals surface area contributed by atoms with Gasteiger partial charge in [0.2, 0.25) is 0 Å². The van der Waals surface area contributed by atoms with E-state index in [0.717, 1.165) is 11.3 Å². The van der Waals surface area contributed by atoms with Crippen LogP contribution in [0.2, 0.25) is 0 Å². The average Bonchev–Trinajstić information content (AvgIpc) is 2.66. The second-order valence-corrected chi connectivity index (χ2v) is 4.24. The molecule has 4 nitrogen and oxygen atoms in total. The first kappa shape index (κ1) is 11.2. The highest BCUT2D eigenvalue weighted by molar-refractivity contribution is 5.59. The maximum absolute atomic E-state index is 9.71. The lowest BCUT2D eigenvalue weighted by atomic mass is 10.1. The average molecular weight is 223 g/mol. The zero-order valence-electron chi connectivity index (χ0n) is 9.86. The number of ether oxygens (including phenoxy) is 2. The van der Waals surface area contributed by atoms with Gasteiger partial charge in [0.05, 0.1) is 18.9 Å². The Morgan fingerprint density at radius 1 is 1.25 bits per heavy atom.